The number of rotatable bonds is 7. The topological polar surface area (TPSA) is 101 Å². The molecule has 10 heteroatoms. The zero-order valence-corrected chi connectivity index (χ0v) is 16.9. The summed E-state index contributed by atoms with van der Waals surface area (Å²) in [5.41, 5.74) is 1.22. The van der Waals surface area contributed by atoms with E-state index in [1.54, 1.807) is 24.3 Å². The Morgan fingerprint density at radius 3 is 2.82 bits per heavy atom. The molecule has 28 heavy (non-hydrogen) atoms. The van der Waals surface area contributed by atoms with Crippen LogP contribution in [0.15, 0.2) is 57.0 Å². The summed E-state index contributed by atoms with van der Waals surface area (Å²) in [4.78, 5) is 16.1. The quantitative estimate of drug-likeness (QED) is 0.547. The minimum absolute atomic E-state index is 0.0521. The van der Waals surface area contributed by atoms with Crippen LogP contribution in [0.3, 0.4) is 0 Å². The van der Waals surface area contributed by atoms with Gasteiger partial charge in [-0.1, -0.05) is 29.4 Å². The minimum atomic E-state index is -3.81. The molecule has 1 heterocycles. The van der Waals surface area contributed by atoms with E-state index in [0.29, 0.717) is 33.1 Å². The highest BCUT2D eigenvalue weighted by Crippen LogP contribution is 2.27. The van der Waals surface area contributed by atoms with Crippen molar-refractivity contribution in [3.63, 3.8) is 0 Å². The third-order valence-corrected chi connectivity index (χ3v) is 6.44. The van der Waals surface area contributed by atoms with Gasteiger partial charge in [0.2, 0.25) is 5.91 Å². The van der Waals surface area contributed by atoms with Gasteiger partial charge >= 0.3 is 0 Å². The molecule has 0 saturated heterocycles. The molecule has 0 bridgehead atoms. The summed E-state index contributed by atoms with van der Waals surface area (Å²) in [7, 11) is -3.81. The smallest absolute Gasteiger partial charge is 0.261 e. The van der Waals surface area contributed by atoms with Crippen LogP contribution in [-0.4, -0.2) is 31.1 Å². The molecule has 2 aromatic carbocycles. The molecule has 3 aromatic rings. The van der Waals surface area contributed by atoms with Gasteiger partial charge in [0.1, 0.15) is 5.52 Å². The molecule has 1 saturated carbocycles. The third-order valence-electron chi connectivity index (χ3n) is 4.00. The molecular weight excluding hydrogens is 422 g/mol. The van der Waals surface area contributed by atoms with Crippen LogP contribution in [0.4, 0.5) is 5.69 Å². The molecule has 0 radical (unpaired) electrons. The summed E-state index contributed by atoms with van der Waals surface area (Å²) < 4.78 is 33.3. The van der Waals surface area contributed by atoms with Crippen LogP contribution in [0.1, 0.15) is 12.8 Å². The van der Waals surface area contributed by atoms with Crippen molar-refractivity contribution in [2.24, 2.45) is 0 Å². The Hall–Kier alpha value is -2.23. The number of carbonyl (C=O) groups excluding carboxylic acids is 1. The molecule has 4 rings (SSSR count). The lowest BCUT2D eigenvalue weighted by Gasteiger charge is -2.08. The molecule has 0 spiro atoms. The Balaban J connectivity index is 1.49. The van der Waals surface area contributed by atoms with Crippen LogP contribution in [0.25, 0.3) is 11.1 Å². The van der Waals surface area contributed by atoms with Gasteiger partial charge in [-0.05, 0) is 49.2 Å². The van der Waals surface area contributed by atoms with E-state index in [1.165, 1.54) is 30.0 Å². The zero-order valence-electron chi connectivity index (χ0n) is 14.5. The number of nitrogens with zero attached hydrogens (tertiary/aromatic N) is 1. The molecule has 0 aliphatic heterocycles. The highest BCUT2D eigenvalue weighted by atomic mass is 35.5. The first-order chi connectivity index (χ1) is 13.4. The zero-order chi connectivity index (χ0) is 19.7. The second-order valence-corrected chi connectivity index (χ2v) is 9.40. The van der Waals surface area contributed by atoms with Crippen molar-refractivity contribution in [2.45, 2.75) is 29.0 Å². The second kappa shape index (κ2) is 7.65. The number of aromatic nitrogens is 1. The van der Waals surface area contributed by atoms with Crippen molar-refractivity contribution in [3.05, 3.63) is 47.5 Å². The van der Waals surface area contributed by atoms with Gasteiger partial charge in [0.25, 0.3) is 15.2 Å². The largest absolute Gasteiger partial charge is 0.431 e. The van der Waals surface area contributed by atoms with Gasteiger partial charge in [0.05, 0.1) is 16.3 Å². The van der Waals surface area contributed by atoms with Crippen LogP contribution < -0.4 is 10.0 Å². The molecule has 1 fully saturated rings. The number of sulfonamides is 1. The Kier molecular flexibility index (Phi) is 5.22. The Labute approximate surface area is 170 Å². The summed E-state index contributed by atoms with van der Waals surface area (Å²) in [6.45, 7) is 0. The lowest BCUT2D eigenvalue weighted by atomic mass is 10.3. The van der Waals surface area contributed by atoms with Crippen molar-refractivity contribution >= 4 is 56.1 Å². The van der Waals surface area contributed by atoms with Crippen molar-refractivity contribution in [1.29, 1.82) is 0 Å². The number of oxazole rings is 1. The molecule has 1 aromatic heterocycles. The highest BCUT2D eigenvalue weighted by molar-refractivity contribution is 7.99. The normalized spacial score (nSPS) is 14.2. The maximum atomic E-state index is 12.6. The second-order valence-electron chi connectivity index (χ2n) is 6.36. The summed E-state index contributed by atoms with van der Waals surface area (Å²) in [6.07, 6.45) is 2.06. The first-order valence-electron chi connectivity index (χ1n) is 8.50. The van der Waals surface area contributed by atoms with Crippen LogP contribution >= 0.6 is 23.4 Å². The van der Waals surface area contributed by atoms with E-state index in [2.05, 4.69) is 15.0 Å². The summed E-state index contributed by atoms with van der Waals surface area (Å²) in [6, 6.07) is 11.2. The average Bonchev–Trinajstić information content (AvgIpc) is 3.35. The fourth-order valence-electron chi connectivity index (χ4n) is 2.51. The van der Waals surface area contributed by atoms with Crippen molar-refractivity contribution < 1.29 is 17.6 Å². The van der Waals surface area contributed by atoms with Crippen LogP contribution in [0.2, 0.25) is 5.02 Å². The Morgan fingerprint density at radius 1 is 1.25 bits per heavy atom. The number of hydrogen-bond acceptors (Lipinski definition) is 6. The predicted molar refractivity (Wildman–Crippen MR) is 108 cm³/mol. The molecule has 1 aliphatic carbocycles. The Bertz CT molecular complexity index is 1140. The van der Waals surface area contributed by atoms with Crippen molar-refractivity contribution in [1.82, 2.24) is 10.3 Å². The number of carbonyl (C=O) groups is 1. The van der Waals surface area contributed by atoms with Gasteiger partial charge in [0, 0.05) is 11.1 Å². The van der Waals surface area contributed by atoms with Gasteiger partial charge in [-0.25, -0.2) is 13.4 Å². The third kappa shape index (κ3) is 4.60. The van der Waals surface area contributed by atoms with E-state index >= 15 is 0 Å². The lowest BCUT2D eigenvalue weighted by Crippen LogP contribution is -2.26. The van der Waals surface area contributed by atoms with Gasteiger partial charge in [-0.3, -0.25) is 9.52 Å². The van der Waals surface area contributed by atoms with Crippen LogP contribution in [0.5, 0.6) is 0 Å². The molecule has 1 aliphatic rings. The van der Waals surface area contributed by atoms with Crippen molar-refractivity contribution in [3.8, 4) is 0 Å². The molecular formula is C18H16ClN3O4S2. The summed E-state index contributed by atoms with van der Waals surface area (Å²) in [5.74, 6) is 0.133. The van der Waals surface area contributed by atoms with Gasteiger partial charge in [-0.2, -0.15) is 0 Å². The van der Waals surface area contributed by atoms with Crippen LogP contribution in [-0.2, 0) is 14.8 Å². The molecule has 146 valence electrons. The minimum Gasteiger partial charge on any atom is -0.431 e. The number of anilines is 1. The first kappa shape index (κ1) is 19.1. The van der Waals surface area contributed by atoms with E-state index in [-0.39, 0.29) is 16.6 Å². The Morgan fingerprint density at radius 2 is 2.07 bits per heavy atom. The first-order valence-corrected chi connectivity index (χ1v) is 11.3. The molecule has 2 N–H and O–H groups in total. The summed E-state index contributed by atoms with van der Waals surface area (Å²) in [5, 5.41) is 3.64. The van der Waals surface area contributed by atoms with E-state index in [0.717, 1.165) is 12.8 Å². The van der Waals surface area contributed by atoms with Crippen molar-refractivity contribution in [2.75, 3.05) is 10.5 Å². The van der Waals surface area contributed by atoms with Gasteiger partial charge < -0.3 is 9.73 Å². The fraction of sp³-hybridized carbons (Fsp3) is 0.222. The van der Waals surface area contributed by atoms with Gasteiger partial charge in [0.15, 0.2) is 5.58 Å². The monoisotopic (exact) mass is 437 g/mol. The maximum absolute atomic E-state index is 12.6. The van der Waals surface area contributed by atoms with E-state index in [4.69, 9.17) is 16.0 Å². The van der Waals surface area contributed by atoms with Crippen LogP contribution in [0, 0.1) is 0 Å². The standard InChI is InChI=1S/C18H16ClN3O4S2/c19-11-2-1-3-13(8-11)22-28(24,25)14-6-7-16-15(9-14)21-18(26-16)27-10-17(23)20-12-4-5-12/h1-3,6-9,12,22H,4-5,10H2,(H,20,23). The molecule has 0 unspecified atom stereocenters. The maximum Gasteiger partial charge on any atom is 0.261 e. The molecule has 1 amide bonds. The van der Waals surface area contributed by atoms with E-state index in [9.17, 15) is 13.2 Å². The fourth-order valence-corrected chi connectivity index (χ4v) is 4.41. The number of hydrogen-bond donors (Lipinski definition) is 2. The van der Waals surface area contributed by atoms with E-state index in [1.807, 2.05) is 0 Å². The lowest BCUT2D eigenvalue weighted by molar-refractivity contribution is -0.118. The molecule has 7 nitrogen and oxygen atoms in total. The summed E-state index contributed by atoms with van der Waals surface area (Å²) >= 11 is 7.07. The average molecular weight is 438 g/mol. The number of nitrogens with one attached hydrogen (secondary N) is 2. The van der Waals surface area contributed by atoms with E-state index < -0.39 is 10.0 Å². The number of benzene rings is 2. The number of thioether (sulfide) groups is 1. The van der Waals surface area contributed by atoms with Gasteiger partial charge in [-0.15, -0.1) is 0 Å². The number of fused-ring (bicyclic) bond motifs is 1. The molecule has 0 atom stereocenters. The number of amides is 1. The predicted octanol–water partition coefficient (Wildman–Crippen LogP) is 3.65. The SMILES string of the molecule is O=C(CSc1nc2cc(S(=O)(=O)Nc3cccc(Cl)c3)ccc2o1)NC1CC1. The highest BCUT2D eigenvalue weighted by Gasteiger charge is 2.23. The number of halogens is 1.